The van der Waals surface area contributed by atoms with Crippen LogP contribution in [0.25, 0.3) is 0 Å². The van der Waals surface area contributed by atoms with E-state index in [9.17, 15) is 13.2 Å². The van der Waals surface area contributed by atoms with Crippen molar-refractivity contribution in [3.05, 3.63) is 18.3 Å². The molecule has 7 nitrogen and oxygen atoms in total. The molecule has 0 radical (unpaired) electrons. The van der Waals surface area contributed by atoms with E-state index in [2.05, 4.69) is 15.0 Å². The predicted molar refractivity (Wildman–Crippen MR) is 67.1 cm³/mol. The van der Waals surface area contributed by atoms with Crippen LogP contribution in [0.15, 0.2) is 23.2 Å². The summed E-state index contributed by atoms with van der Waals surface area (Å²) in [7, 11) is -3.81. The first-order valence-corrected chi connectivity index (χ1v) is 6.92. The van der Waals surface area contributed by atoms with Gasteiger partial charge in [0.1, 0.15) is 10.7 Å². The van der Waals surface area contributed by atoms with Crippen LogP contribution >= 0.6 is 0 Å². The number of hydrogen-bond acceptors (Lipinski definition) is 5. The van der Waals surface area contributed by atoms with Gasteiger partial charge >= 0.3 is 0 Å². The minimum atomic E-state index is -3.81. The zero-order chi connectivity index (χ0) is 13.6. The number of aromatic nitrogens is 1. The number of carbonyl (C=O) groups is 1. The zero-order valence-electron chi connectivity index (χ0n) is 10.0. The zero-order valence-corrected chi connectivity index (χ0v) is 10.8. The Morgan fingerprint density at radius 2 is 2.22 bits per heavy atom. The average Bonchev–Trinajstić information content (AvgIpc) is 2.34. The van der Waals surface area contributed by atoms with Gasteiger partial charge in [0.05, 0.1) is 6.54 Å². The van der Waals surface area contributed by atoms with Crippen molar-refractivity contribution in [1.29, 1.82) is 0 Å². The molecule has 1 aromatic rings. The third kappa shape index (κ3) is 3.97. The van der Waals surface area contributed by atoms with Crippen molar-refractivity contribution in [2.75, 3.05) is 18.8 Å². The second kappa shape index (κ2) is 6.31. The van der Waals surface area contributed by atoms with Crippen LogP contribution in [0.5, 0.6) is 0 Å². The van der Waals surface area contributed by atoms with Gasteiger partial charge in [-0.15, -0.1) is 0 Å². The number of amides is 1. The minimum absolute atomic E-state index is 0.0982. The molecular weight excluding hydrogens is 256 g/mol. The number of pyridine rings is 1. The molecule has 1 amide bonds. The van der Waals surface area contributed by atoms with E-state index in [0.717, 1.165) is 6.42 Å². The van der Waals surface area contributed by atoms with Crippen molar-refractivity contribution in [3.8, 4) is 0 Å². The summed E-state index contributed by atoms with van der Waals surface area (Å²) in [5.41, 5.74) is 5.46. The Kier molecular flexibility index (Phi) is 5.05. The number of hydrogen-bond donors (Lipinski definition) is 3. The number of nitrogens with two attached hydrogens (primary N) is 1. The highest BCUT2D eigenvalue weighted by Gasteiger charge is 2.18. The summed E-state index contributed by atoms with van der Waals surface area (Å²) in [6.07, 6.45) is 2.18. The molecular formula is C10H16N4O3S. The van der Waals surface area contributed by atoms with E-state index in [1.54, 1.807) is 0 Å². The third-order valence-electron chi connectivity index (χ3n) is 2.08. The van der Waals surface area contributed by atoms with E-state index in [-0.39, 0.29) is 23.2 Å². The number of anilines is 1. The summed E-state index contributed by atoms with van der Waals surface area (Å²) < 4.78 is 25.8. The molecule has 0 aromatic carbocycles. The van der Waals surface area contributed by atoms with Crippen molar-refractivity contribution >= 4 is 21.7 Å². The van der Waals surface area contributed by atoms with Crippen LogP contribution in [0.3, 0.4) is 0 Å². The van der Waals surface area contributed by atoms with Crippen LogP contribution in [0, 0.1) is 0 Å². The smallest absolute Gasteiger partial charge is 0.244 e. The second-order valence-corrected chi connectivity index (χ2v) is 5.30. The number of sulfonamides is 1. The lowest BCUT2D eigenvalue weighted by atomic mass is 10.5. The maximum atomic E-state index is 11.8. The number of nitrogens with zero attached hydrogens (tertiary/aromatic N) is 1. The molecule has 8 heteroatoms. The van der Waals surface area contributed by atoms with Crippen molar-refractivity contribution in [3.63, 3.8) is 0 Å². The first-order chi connectivity index (χ1) is 8.47. The van der Waals surface area contributed by atoms with Gasteiger partial charge in [-0.05, 0) is 18.6 Å². The van der Waals surface area contributed by atoms with Gasteiger partial charge in [-0.1, -0.05) is 6.92 Å². The van der Waals surface area contributed by atoms with Gasteiger partial charge in [0, 0.05) is 12.7 Å². The maximum Gasteiger partial charge on any atom is 0.244 e. The molecule has 0 saturated heterocycles. The summed E-state index contributed by atoms with van der Waals surface area (Å²) in [6, 6.07) is 2.79. The van der Waals surface area contributed by atoms with Crippen LogP contribution in [0.2, 0.25) is 0 Å². The summed E-state index contributed by atoms with van der Waals surface area (Å²) in [6.45, 7) is 2.09. The second-order valence-electron chi connectivity index (χ2n) is 3.56. The Morgan fingerprint density at radius 1 is 1.50 bits per heavy atom. The Hall–Kier alpha value is -1.67. The highest BCUT2D eigenvalue weighted by atomic mass is 32.2. The number of rotatable bonds is 6. The normalized spacial score (nSPS) is 11.2. The number of nitrogens with one attached hydrogen (secondary N) is 2. The monoisotopic (exact) mass is 272 g/mol. The summed E-state index contributed by atoms with van der Waals surface area (Å²) in [5.74, 6) is -0.484. The van der Waals surface area contributed by atoms with Crippen LogP contribution in [0.1, 0.15) is 13.3 Å². The molecule has 1 rings (SSSR count). The lowest BCUT2D eigenvalue weighted by Crippen LogP contribution is -2.37. The van der Waals surface area contributed by atoms with Gasteiger partial charge < -0.3 is 11.1 Å². The molecule has 0 aliphatic rings. The molecule has 0 bridgehead atoms. The third-order valence-corrected chi connectivity index (χ3v) is 3.53. The molecule has 0 aliphatic carbocycles. The van der Waals surface area contributed by atoms with E-state index in [4.69, 9.17) is 5.73 Å². The topological polar surface area (TPSA) is 114 Å². The largest absolute Gasteiger partial charge is 0.383 e. The van der Waals surface area contributed by atoms with Crippen LogP contribution in [0.4, 0.5) is 5.82 Å². The molecule has 0 aliphatic heterocycles. The highest BCUT2D eigenvalue weighted by Crippen LogP contribution is 2.13. The first kappa shape index (κ1) is 14.4. The predicted octanol–water partition coefficient (Wildman–Crippen LogP) is -0.532. The fourth-order valence-electron chi connectivity index (χ4n) is 1.20. The quantitative estimate of drug-likeness (QED) is 0.644. The van der Waals surface area contributed by atoms with E-state index < -0.39 is 10.0 Å². The SMILES string of the molecule is CCCNC(=O)CNS(=O)(=O)c1cccnc1N. The van der Waals surface area contributed by atoms with Gasteiger partial charge in [0.2, 0.25) is 15.9 Å². The molecule has 1 aromatic heterocycles. The van der Waals surface area contributed by atoms with E-state index in [0.29, 0.717) is 6.54 Å². The molecule has 0 saturated carbocycles. The Balaban J connectivity index is 2.67. The summed E-state index contributed by atoms with van der Waals surface area (Å²) in [4.78, 5) is 14.8. The van der Waals surface area contributed by atoms with E-state index in [1.165, 1.54) is 18.3 Å². The minimum Gasteiger partial charge on any atom is -0.383 e. The Bertz CT molecular complexity index is 516. The van der Waals surface area contributed by atoms with E-state index in [1.807, 2.05) is 6.92 Å². The van der Waals surface area contributed by atoms with Crippen molar-refractivity contribution in [1.82, 2.24) is 15.0 Å². The fraction of sp³-hybridized carbons (Fsp3) is 0.400. The summed E-state index contributed by atoms with van der Waals surface area (Å²) >= 11 is 0. The standard InChI is InChI=1S/C10H16N4O3S/c1-2-5-12-9(15)7-14-18(16,17)8-4-3-6-13-10(8)11/h3-4,6,14H,2,5,7H2,1H3,(H2,11,13)(H,12,15). The van der Waals surface area contributed by atoms with Crippen LogP contribution in [-0.4, -0.2) is 32.4 Å². The molecule has 0 spiro atoms. The molecule has 0 atom stereocenters. The molecule has 0 unspecified atom stereocenters. The fourth-order valence-corrected chi connectivity index (χ4v) is 2.26. The van der Waals surface area contributed by atoms with Gasteiger partial charge in [0.25, 0.3) is 0 Å². The first-order valence-electron chi connectivity index (χ1n) is 5.44. The molecule has 18 heavy (non-hydrogen) atoms. The van der Waals surface area contributed by atoms with Crippen molar-refractivity contribution in [2.45, 2.75) is 18.2 Å². The molecule has 4 N–H and O–H groups in total. The van der Waals surface area contributed by atoms with E-state index >= 15 is 0 Å². The number of carbonyl (C=O) groups excluding carboxylic acids is 1. The van der Waals surface area contributed by atoms with Gasteiger partial charge in [-0.3, -0.25) is 4.79 Å². The molecule has 0 fully saturated rings. The summed E-state index contributed by atoms with van der Waals surface area (Å²) in [5, 5.41) is 2.56. The van der Waals surface area contributed by atoms with Crippen LogP contribution < -0.4 is 15.8 Å². The lowest BCUT2D eigenvalue weighted by molar-refractivity contribution is -0.119. The van der Waals surface area contributed by atoms with Gasteiger partial charge in [0.15, 0.2) is 0 Å². The Labute approximate surface area is 106 Å². The molecule has 100 valence electrons. The average molecular weight is 272 g/mol. The van der Waals surface area contributed by atoms with Crippen molar-refractivity contribution in [2.24, 2.45) is 0 Å². The lowest BCUT2D eigenvalue weighted by Gasteiger charge is -2.08. The Morgan fingerprint density at radius 3 is 2.83 bits per heavy atom. The van der Waals surface area contributed by atoms with Gasteiger partial charge in [-0.2, -0.15) is 0 Å². The highest BCUT2D eigenvalue weighted by molar-refractivity contribution is 7.89. The van der Waals surface area contributed by atoms with Crippen molar-refractivity contribution < 1.29 is 13.2 Å². The van der Waals surface area contributed by atoms with Gasteiger partial charge in [-0.25, -0.2) is 18.1 Å². The van der Waals surface area contributed by atoms with Crippen LogP contribution in [-0.2, 0) is 14.8 Å². The maximum absolute atomic E-state index is 11.8. The number of nitrogen functional groups attached to an aromatic ring is 1. The molecule has 1 heterocycles.